The molecule has 0 amide bonds. The summed E-state index contributed by atoms with van der Waals surface area (Å²) in [7, 11) is -2.41. The number of allylic oxidation sites excluding steroid dienone is 1. The highest BCUT2D eigenvalue weighted by atomic mass is 32.2. The summed E-state index contributed by atoms with van der Waals surface area (Å²) in [5.74, 6) is -0.511. The molecule has 130 valence electrons. The smallest absolute Gasteiger partial charge is 0.338 e. The fourth-order valence-corrected chi connectivity index (χ4v) is 4.42. The van der Waals surface area contributed by atoms with Crippen LogP contribution < -0.4 is 0 Å². The van der Waals surface area contributed by atoms with E-state index in [1.165, 1.54) is 13.4 Å². The van der Waals surface area contributed by atoms with Crippen molar-refractivity contribution in [1.82, 2.24) is 0 Å². The van der Waals surface area contributed by atoms with E-state index in [-0.39, 0.29) is 9.80 Å². The summed E-state index contributed by atoms with van der Waals surface area (Å²) in [5.41, 5.74) is 1.31. The molecular formula is C19H18O5S. The minimum absolute atomic E-state index is 0.156. The highest BCUT2D eigenvalue weighted by molar-refractivity contribution is 7.95. The van der Waals surface area contributed by atoms with Crippen molar-refractivity contribution >= 4 is 15.8 Å². The highest BCUT2D eigenvalue weighted by Crippen LogP contribution is 2.35. The summed E-state index contributed by atoms with van der Waals surface area (Å²) in [6.45, 7) is 0.520. The number of esters is 1. The van der Waals surface area contributed by atoms with Gasteiger partial charge < -0.3 is 9.47 Å². The minimum Gasteiger partial charge on any atom is -0.500 e. The number of hydrogen-bond donors (Lipinski definition) is 0. The van der Waals surface area contributed by atoms with Gasteiger partial charge in [-0.1, -0.05) is 36.4 Å². The number of carbonyl (C=O) groups is 1. The van der Waals surface area contributed by atoms with Gasteiger partial charge in [0.2, 0.25) is 9.84 Å². The molecule has 0 spiro atoms. The van der Waals surface area contributed by atoms with Gasteiger partial charge in [-0.3, -0.25) is 0 Å². The van der Waals surface area contributed by atoms with E-state index < -0.39 is 15.8 Å². The van der Waals surface area contributed by atoms with E-state index in [1.54, 1.807) is 48.5 Å². The van der Waals surface area contributed by atoms with Crippen molar-refractivity contribution in [2.45, 2.75) is 17.7 Å². The molecule has 0 aromatic heterocycles. The summed E-state index contributed by atoms with van der Waals surface area (Å²) in [4.78, 5) is 12.5. The van der Waals surface area contributed by atoms with Crippen molar-refractivity contribution in [3.8, 4) is 11.1 Å². The van der Waals surface area contributed by atoms with Gasteiger partial charge in [0.05, 0.1) is 35.3 Å². The van der Waals surface area contributed by atoms with Crippen LogP contribution in [0.5, 0.6) is 0 Å². The van der Waals surface area contributed by atoms with Gasteiger partial charge >= 0.3 is 5.97 Å². The van der Waals surface area contributed by atoms with Crippen LogP contribution in [0.15, 0.2) is 64.6 Å². The molecule has 1 heterocycles. The average Bonchev–Trinajstić information content (AvgIpc) is 2.68. The molecule has 0 saturated carbocycles. The Balaban J connectivity index is 2.19. The Morgan fingerprint density at radius 1 is 1.04 bits per heavy atom. The first-order chi connectivity index (χ1) is 12.1. The quantitative estimate of drug-likeness (QED) is 0.782. The molecule has 6 heteroatoms. The maximum absolute atomic E-state index is 13.1. The molecule has 5 nitrogen and oxygen atoms in total. The first kappa shape index (κ1) is 17.2. The standard InChI is InChI=1S/C19H18O5S/c1-23-19(20)17-10-3-2-8-15(17)16-9-4-5-11-18(16)25(21,22)14-7-6-12-24-13-14/h2-5,8-11,13H,6-7,12H2,1H3. The molecule has 0 saturated heterocycles. The second kappa shape index (κ2) is 7.11. The third-order valence-electron chi connectivity index (χ3n) is 4.04. The number of methoxy groups -OCH3 is 1. The van der Waals surface area contributed by atoms with Gasteiger partial charge in [0.15, 0.2) is 0 Å². The lowest BCUT2D eigenvalue weighted by atomic mass is 10.00. The molecule has 0 radical (unpaired) electrons. The normalized spacial score (nSPS) is 14.4. The van der Waals surface area contributed by atoms with Gasteiger partial charge in [0.1, 0.15) is 0 Å². The van der Waals surface area contributed by atoms with E-state index in [1.807, 2.05) is 0 Å². The number of benzene rings is 2. The van der Waals surface area contributed by atoms with Crippen LogP contribution >= 0.6 is 0 Å². The van der Waals surface area contributed by atoms with Crippen molar-refractivity contribution in [3.05, 3.63) is 65.3 Å². The number of ether oxygens (including phenoxy) is 2. The zero-order valence-electron chi connectivity index (χ0n) is 13.8. The van der Waals surface area contributed by atoms with Crippen LogP contribution in [-0.2, 0) is 19.3 Å². The van der Waals surface area contributed by atoms with Crippen LogP contribution in [-0.4, -0.2) is 28.1 Å². The maximum atomic E-state index is 13.1. The molecule has 0 fully saturated rings. The topological polar surface area (TPSA) is 69.7 Å². The van der Waals surface area contributed by atoms with Crippen LogP contribution in [0.2, 0.25) is 0 Å². The summed E-state index contributed by atoms with van der Waals surface area (Å²) >= 11 is 0. The summed E-state index contributed by atoms with van der Waals surface area (Å²) in [6.07, 6.45) is 2.42. The molecule has 2 aromatic rings. The van der Waals surface area contributed by atoms with Gasteiger partial charge in [-0.05, 0) is 30.5 Å². The Morgan fingerprint density at radius 2 is 1.72 bits per heavy atom. The lowest BCUT2D eigenvalue weighted by molar-refractivity contribution is 0.0601. The summed E-state index contributed by atoms with van der Waals surface area (Å²) in [5, 5.41) is 0. The van der Waals surface area contributed by atoms with E-state index in [0.29, 0.717) is 36.1 Å². The molecule has 1 aliphatic heterocycles. The van der Waals surface area contributed by atoms with E-state index in [4.69, 9.17) is 9.47 Å². The molecule has 0 N–H and O–H groups in total. The average molecular weight is 358 g/mol. The van der Waals surface area contributed by atoms with Crippen LogP contribution in [0.25, 0.3) is 11.1 Å². The Kier molecular flexibility index (Phi) is 4.90. The number of sulfone groups is 1. The van der Waals surface area contributed by atoms with Crippen molar-refractivity contribution in [2.24, 2.45) is 0 Å². The van der Waals surface area contributed by atoms with Gasteiger partial charge in [-0.25, -0.2) is 13.2 Å². The maximum Gasteiger partial charge on any atom is 0.338 e. The third kappa shape index (κ3) is 3.30. The SMILES string of the molecule is COC(=O)c1ccccc1-c1ccccc1S(=O)(=O)C1=COCCC1. The van der Waals surface area contributed by atoms with Crippen LogP contribution in [0, 0.1) is 0 Å². The molecule has 25 heavy (non-hydrogen) atoms. The van der Waals surface area contributed by atoms with Gasteiger partial charge in [0.25, 0.3) is 0 Å². The van der Waals surface area contributed by atoms with E-state index >= 15 is 0 Å². The molecular weight excluding hydrogens is 340 g/mol. The zero-order chi connectivity index (χ0) is 17.9. The first-order valence-corrected chi connectivity index (χ1v) is 9.36. The Bertz CT molecular complexity index is 928. The van der Waals surface area contributed by atoms with Crippen molar-refractivity contribution in [2.75, 3.05) is 13.7 Å². The number of rotatable bonds is 4. The summed E-state index contributed by atoms with van der Waals surface area (Å²) < 4.78 is 36.2. The Hall–Kier alpha value is -2.60. The van der Waals surface area contributed by atoms with E-state index in [2.05, 4.69) is 0 Å². The van der Waals surface area contributed by atoms with Gasteiger partial charge in [-0.15, -0.1) is 0 Å². The minimum atomic E-state index is -3.71. The molecule has 0 unspecified atom stereocenters. The van der Waals surface area contributed by atoms with Crippen molar-refractivity contribution in [3.63, 3.8) is 0 Å². The second-order valence-electron chi connectivity index (χ2n) is 5.60. The van der Waals surface area contributed by atoms with Gasteiger partial charge in [0, 0.05) is 5.56 Å². The van der Waals surface area contributed by atoms with Crippen LogP contribution in [0.3, 0.4) is 0 Å². The Labute approximate surface area is 146 Å². The first-order valence-electron chi connectivity index (χ1n) is 7.88. The van der Waals surface area contributed by atoms with Crippen molar-refractivity contribution in [1.29, 1.82) is 0 Å². The van der Waals surface area contributed by atoms with Gasteiger partial charge in [-0.2, -0.15) is 0 Å². The molecule has 0 bridgehead atoms. The molecule has 3 rings (SSSR count). The molecule has 2 aromatic carbocycles. The Morgan fingerprint density at radius 3 is 2.40 bits per heavy atom. The number of hydrogen-bond acceptors (Lipinski definition) is 5. The van der Waals surface area contributed by atoms with Crippen molar-refractivity contribution < 1.29 is 22.7 Å². The largest absolute Gasteiger partial charge is 0.500 e. The monoisotopic (exact) mass is 358 g/mol. The fourth-order valence-electron chi connectivity index (χ4n) is 2.81. The second-order valence-corrected chi connectivity index (χ2v) is 7.57. The number of carbonyl (C=O) groups excluding carboxylic acids is 1. The lowest BCUT2D eigenvalue weighted by Crippen LogP contribution is -2.12. The van der Waals surface area contributed by atoms with Crippen LogP contribution in [0.1, 0.15) is 23.2 Å². The fraction of sp³-hybridized carbons (Fsp3) is 0.211. The molecule has 0 aliphatic carbocycles. The van der Waals surface area contributed by atoms with E-state index in [0.717, 1.165) is 0 Å². The summed E-state index contributed by atoms with van der Waals surface area (Å²) in [6, 6.07) is 13.5. The molecule has 1 aliphatic rings. The molecule has 0 atom stereocenters. The van der Waals surface area contributed by atoms with Crippen LogP contribution in [0.4, 0.5) is 0 Å². The predicted molar refractivity (Wildman–Crippen MR) is 93.7 cm³/mol. The van der Waals surface area contributed by atoms with E-state index in [9.17, 15) is 13.2 Å². The third-order valence-corrected chi connectivity index (χ3v) is 5.97. The highest BCUT2D eigenvalue weighted by Gasteiger charge is 2.27. The zero-order valence-corrected chi connectivity index (χ0v) is 14.6. The lowest BCUT2D eigenvalue weighted by Gasteiger charge is -2.17. The predicted octanol–water partition coefficient (Wildman–Crippen LogP) is 3.57.